The minimum Gasteiger partial charge on any atom is -0.361 e. The SMILES string of the molecule is CC(C)S(=O)(=O)N1C[C@H](C(=O)NCCCn2cccn2)[C@@]2(C1)OCCNC2=O. The number of morpholine rings is 1. The molecule has 1 aromatic rings. The lowest BCUT2D eigenvalue weighted by Gasteiger charge is -2.36. The summed E-state index contributed by atoms with van der Waals surface area (Å²) in [6, 6.07) is 1.82. The summed E-state index contributed by atoms with van der Waals surface area (Å²) in [6.45, 7) is 4.56. The number of aromatic nitrogens is 2. The number of aryl methyl sites for hydroxylation is 1. The second-order valence-corrected chi connectivity index (χ2v) is 9.84. The molecule has 2 aliphatic rings. The maximum atomic E-state index is 12.9. The minimum absolute atomic E-state index is 0.0705. The second kappa shape index (κ2) is 8.18. The fourth-order valence-electron chi connectivity index (χ4n) is 3.57. The highest BCUT2D eigenvalue weighted by Gasteiger charge is 2.59. The van der Waals surface area contributed by atoms with E-state index >= 15 is 0 Å². The van der Waals surface area contributed by atoms with Gasteiger partial charge in [0.15, 0.2) is 5.60 Å². The molecule has 1 aromatic heterocycles. The molecule has 2 saturated heterocycles. The van der Waals surface area contributed by atoms with Crippen molar-refractivity contribution in [1.82, 2.24) is 24.7 Å². The van der Waals surface area contributed by atoms with E-state index in [0.717, 1.165) is 0 Å². The molecule has 0 saturated carbocycles. The van der Waals surface area contributed by atoms with Gasteiger partial charge in [-0.25, -0.2) is 8.42 Å². The molecular weight excluding hydrogens is 386 g/mol. The van der Waals surface area contributed by atoms with Crippen molar-refractivity contribution in [2.24, 2.45) is 5.92 Å². The molecule has 10 nitrogen and oxygen atoms in total. The van der Waals surface area contributed by atoms with E-state index in [2.05, 4.69) is 15.7 Å². The third-order valence-electron chi connectivity index (χ3n) is 5.19. The molecule has 2 fully saturated rings. The van der Waals surface area contributed by atoms with Gasteiger partial charge in [-0.05, 0) is 26.3 Å². The van der Waals surface area contributed by atoms with Crippen molar-refractivity contribution in [3.63, 3.8) is 0 Å². The maximum Gasteiger partial charge on any atom is 0.254 e. The number of nitrogens with one attached hydrogen (secondary N) is 2. The van der Waals surface area contributed by atoms with E-state index in [1.54, 1.807) is 24.7 Å². The van der Waals surface area contributed by atoms with Gasteiger partial charge in [-0.1, -0.05) is 0 Å². The van der Waals surface area contributed by atoms with E-state index < -0.39 is 32.7 Å². The van der Waals surface area contributed by atoms with Crippen LogP contribution < -0.4 is 10.6 Å². The van der Waals surface area contributed by atoms with Crippen molar-refractivity contribution in [2.45, 2.75) is 37.7 Å². The average Bonchev–Trinajstić information content (AvgIpc) is 3.30. The molecule has 156 valence electrons. The van der Waals surface area contributed by atoms with Gasteiger partial charge in [0.25, 0.3) is 5.91 Å². The lowest BCUT2D eigenvalue weighted by atomic mass is 9.88. The van der Waals surface area contributed by atoms with E-state index in [4.69, 9.17) is 4.74 Å². The zero-order chi connectivity index (χ0) is 20.4. The van der Waals surface area contributed by atoms with Crippen LogP contribution in [0.5, 0.6) is 0 Å². The summed E-state index contributed by atoms with van der Waals surface area (Å²) in [5.41, 5.74) is -1.48. The topological polar surface area (TPSA) is 123 Å². The van der Waals surface area contributed by atoms with Gasteiger partial charge in [-0.2, -0.15) is 9.40 Å². The first-order chi connectivity index (χ1) is 13.3. The third kappa shape index (κ3) is 3.91. The molecule has 3 heterocycles. The zero-order valence-electron chi connectivity index (χ0n) is 16.1. The Morgan fingerprint density at radius 3 is 2.93 bits per heavy atom. The highest BCUT2D eigenvalue weighted by molar-refractivity contribution is 7.89. The average molecular weight is 414 g/mol. The first-order valence-corrected chi connectivity index (χ1v) is 10.9. The molecule has 3 rings (SSSR count). The molecule has 11 heteroatoms. The van der Waals surface area contributed by atoms with Crippen LogP contribution in [0.15, 0.2) is 18.5 Å². The van der Waals surface area contributed by atoms with Crippen LogP contribution in [-0.2, 0) is 30.9 Å². The molecule has 0 unspecified atom stereocenters. The van der Waals surface area contributed by atoms with E-state index in [1.165, 1.54) is 4.31 Å². The third-order valence-corrected chi connectivity index (χ3v) is 7.38. The Bertz CT molecular complexity index is 810. The summed E-state index contributed by atoms with van der Waals surface area (Å²) in [6.07, 6.45) is 4.18. The molecule has 0 bridgehead atoms. The summed E-state index contributed by atoms with van der Waals surface area (Å²) >= 11 is 0. The Morgan fingerprint density at radius 2 is 2.29 bits per heavy atom. The summed E-state index contributed by atoms with van der Waals surface area (Å²) in [5, 5.41) is 8.98. The Balaban J connectivity index is 1.70. The Kier molecular flexibility index (Phi) is 6.06. The Hall–Kier alpha value is -1.98. The van der Waals surface area contributed by atoms with E-state index in [-0.39, 0.29) is 25.6 Å². The minimum atomic E-state index is -3.61. The molecule has 2 atom stereocenters. The summed E-state index contributed by atoms with van der Waals surface area (Å²) in [7, 11) is -3.61. The molecule has 0 radical (unpaired) electrons. The van der Waals surface area contributed by atoms with Gasteiger partial charge in [0.05, 0.1) is 24.3 Å². The quantitative estimate of drug-likeness (QED) is 0.550. The summed E-state index contributed by atoms with van der Waals surface area (Å²) in [4.78, 5) is 25.5. The smallest absolute Gasteiger partial charge is 0.254 e. The normalized spacial score (nSPS) is 26.0. The highest BCUT2D eigenvalue weighted by Crippen LogP contribution is 2.35. The molecule has 0 aliphatic carbocycles. The fourth-order valence-corrected chi connectivity index (χ4v) is 4.90. The van der Waals surface area contributed by atoms with Gasteiger partial charge in [-0.3, -0.25) is 14.3 Å². The molecule has 2 amide bonds. The number of hydrogen-bond acceptors (Lipinski definition) is 6. The lowest BCUT2D eigenvalue weighted by molar-refractivity contribution is -0.163. The molecule has 28 heavy (non-hydrogen) atoms. The number of nitrogens with zero attached hydrogens (tertiary/aromatic N) is 3. The number of sulfonamides is 1. The highest BCUT2D eigenvalue weighted by atomic mass is 32.2. The standard InChI is InChI=1S/C17H27N5O5S/c1-13(2)28(25,26)22-11-14(17(12-22)16(24)19-7-10-27-17)15(23)18-5-3-8-21-9-4-6-20-21/h4,6,9,13-14H,3,5,7-8,10-12H2,1-2H3,(H,18,23)(H,19,24)/t14-,17-/m1/s1. The maximum absolute atomic E-state index is 12.9. The number of hydrogen-bond donors (Lipinski definition) is 2. The monoisotopic (exact) mass is 413 g/mol. The van der Waals surface area contributed by atoms with Crippen LogP contribution in [0.1, 0.15) is 20.3 Å². The van der Waals surface area contributed by atoms with Crippen LogP contribution >= 0.6 is 0 Å². The summed E-state index contributed by atoms with van der Waals surface area (Å²) < 4.78 is 34.0. The van der Waals surface area contributed by atoms with Gasteiger partial charge in [0.1, 0.15) is 0 Å². The van der Waals surface area contributed by atoms with E-state index in [1.807, 2.05) is 12.3 Å². The Morgan fingerprint density at radius 1 is 1.50 bits per heavy atom. The summed E-state index contributed by atoms with van der Waals surface area (Å²) in [5.74, 6) is -1.71. The first-order valence-electron chi connectivity index (χ1n) is 9.44. The molecule has 2 aliphatic heterocycles. The number of carbonyl (C=O) groups excluding carboxylic acids is 2. The molecule has 0 aromatic carbocycles. The van der Waals surface area contributed by atoms with Crippen molar-refractivity contribution in [2.75, 3.05) is 32.8 Å². The fraction of sp³-hybridized carbons (Fsp3) is 0.706. The van der Waals surface area contributed by atoms with Crippen molar-refractivity contribution < 1.29 is 22.7 Å². The van der Waals surface area contributed by atoms with Crippen LogP contribution in [-0.4, -0.2) is 78.0 Å². The van der Waals surface area contributed by atoms with Gasteiger partial charge >= 0.3 is 0 Å². The molecule has 1 spiro atoms. The van der Waals surface area contributed by atoms with Gasteiger partial charge in [0.2, 0.25) is 15.9 Å². The van der Waals surface area contributed by atoms with E-state index in [0.29, 0.717) is 26.1 Å². The lowest BCUT2D eigenvalue weighted by Crippen LogP contribution is -2.62. The molecular formula is C17H27N5O5S. The van der Waals surface area contributed by atoms with E-state index in [9.17, 15) is 18.0 Å². The number of rotatable bonds is 7. The number of ether oxygens (including phenoxy) is 1. The molecule has 2 N–H and O–H groups in total. The zero-order valence-corrected chi connectivity index (χ0v) is 16.9. The van der Waals surface area contributed by atoms with Gasteiger partial charge < -0.3 is 15.4 Å². The van der Waals surface area contributed by atoms with Crippen LogP contribution in [0.2, 0.25) is 0 Å². The predicted molar refractivity (Wildman–Crippen MR) is 101 cm³/mol. The van der Waals surface area contributed by atoms with Crippen LogP contribution in [0.4, 0.5) is 0 Å². The van der Waals surface area contributed by atoms with Crippen LogP contribution in [0, 0.1) is 5.92 Å². The van der Waals surface area contributed by atoms with Crippen molar-refractivity contribution in [3.8, 4) is 0 Å². The largest absolute Gasteiger partial charge is 0.361 e. The van der Waals surface area contributed by atoms with Gasteiger partial charge in [-0.15, -0.1) is 0 Å². The second-order valence-electron chi connectivity index (χ2n) is 7.35. The predicted octanol–water partition coefficient (Wildman–Crippen LogP) is -1.06. The first kappa shape index (κ1) is 20.7. The van der Waals surface area contributed by atoms with Crippen LogP contribution in [0.3, 0.4) is 0 Å². The Labute approximate surface area is 164 Å². The number of amides is 2. The number of carbonyl (C=O) groups is 2. The van der Waals surface area contributed by atoms with Crippen molar-refractivity contribution >= 4 is 21.8 Å². The van der Waals surface area contributed by atoms with Crippen LogP contribution in [0.25, 0.3) is 0 Å². The van der Waals surface area contributed by atoms with Crippen molar-refractivity contribution in [1.29, 1.82) is 0 Å². The van der Waals surface area contributed by atoms with Gasteiger partial charge in [0, 0.05) is 38.6 Å². The van der Waals surface area contributed by atoms with Crippen molar-refractivity contribution in [3.05, 3.63) is 18.5 Å².